The number of esters is 2. The Hall–Kier alpha value is -2.63. The molecule has 0 aliphatic carbocycles. The summed E-state index contributed by atoms with van der Waals surface area (Å²) in [7, 11) is 0. The van der Waals surface area contributed by atoms with Crippen LogP contribution in [-0.4, -0.2) is 33.9 Å². The fraction of sp³-hybridized carbons (Fsp3) is 0.421. The van der Waals surface area contributed by atoms with Crippen LogP contribution in [0, 0.1) is 13.8 Å². The maximum absolute atomic E-state index is 12.3. The Bertz CT molecular complexity index is 758. The number of nitrogens with zero attached hydrogens (tertiary/aromatic N) is 2. The molecule has 2 aromatic rings. The van der Waals surface area contributed by atoms with E-state index in [1.807, 2.05) is 37.3 Å². The summed E-state index contributed by atoms with van der Waals surface area (Å²) in [6.45, 7) is 8.98. The van der Waals surface area contributed by atoms with Gasteiger partial charge in [-0.2, -0.15) is 5.10 Å². The van der Waals surface area contributed by atoms with Crippen LogP contribution < -0.4 is 0 Å². The van der Waals surface area contributed by atoms with Gasteiger partial charge in [-0.15, -0.1) is 0 Å². The first kappa shape index (κ1) is 18.7. The fourth-order valence-corrected chi connectivity index (χ4v) is 2.47. The molecule has 0 aliphatic heterocycles. The highest BCUT2D eigenvalue weighted by molar-refractivity contribution is 5.93. The summed E-state index contributed by atoms with van der Waals surface area (Å²) in [5, 5.41) is 4.41. The average molecular weight is 344 g/mol. The molecule has 6 nitrogen and oxygen atoms in total. The Morgan fingerprint density at radius 1 is 1.12 bits per heavy atom. The van der Waals surface area contributed by atoms with E-state index in [4.69, 9.17) is 9.47 Å². The first-order valence-corrected chi connectivity index (χ1v) is 8.14. The van der Waals surface area contributed by atoms with Gasteiger partial charge in [0.25, 0.3) is 0 Å². The average Bonchev–Trinajstić information content (AvgIpc) is 2.78. The maximum atomic E-state index is 12.3. The van der Waals surface area contributed by atoms with Crippen molar-refractivity contribution in [3.8, 4) is 0 Å². The Morgan fingerprint density at radius 3 is 2.36 bits per heavy atom. The van der Waals surface area contributed by atoms with Crippen LogP contribution in [0.25, 0.3) is 0 Å². The van der Waals surface area contributed by atoms with Gasteiger partial charge in [0.15, 0.2) is 6.61 Å². The molecule has 2 rings (SSSR count). The minimum absolute atomic E-state index is 0.388. The van der Waals surface area contributed by atoms with E-state index in [1.54, 1.807) is 32.4 Å². The molecule has 0 N–H and O–H groups in total. The molecule has 0 saturated heterocycles. The van der Waals surface area contributed by atoms with Gasteiger partial charge in [-0.05, 0) is 40.2 Å². The van der Waals surface area contributed by atoms with Crippen molar-refractivity contribution in [3.05, 3.63) is 52.8 Å². The predicted molar refractivity (Wildman–Crippen MR) is 93.4 cm³/mol. The van der Waals surface area contributed by atoms with Gasteiger partial charge in [0.2, 0.25) is 0 Å². The predicted octanol–water partition coefficient (Wildman–Crippen LogP) is 3.05. The number of aromatic nitrogens is 2. The van der Waals surface area contributed by atoms with Gasteiger partial charge in [-0.3, -0.25) is 4.68 Å². The number of carbonyl (C=O) groups is 2. The first-order valence-electron chi connectivity index (χ1n) is 8.14. The number of hydrogen-bond acceptors (Lipinski definition) is 5. The van der Waals surface area contributed by atoms with Crippen LogP contribution in [0.2, 0.25) is 0 Å². The van der Waals surface area contributed by atoms with Crippen LogP contribution in [0.3, 0.4) is 0 Å². The van der Waals surface area contributed by atoms with Crippen molar-refractivity contribution in [2.45, 2.75) is 46.8 Å². The van der Waals surface area contributed by atoms with Crippen molar-refractivity contribution in [1.29, 1.82) is 0 Å². The van der Waals surface area contributed by atoms with Crippen molar-refractivity contribution in [1.82, 2.24) is 9.78 Å². The van der Waals surface area contributed by atoms with E-state index in [9.17, 15) is 9.59 Å². The lowest BCUT2D eigenvalue weighted by Gasteiger charge is -2.19. The van der Waals surface area contributed by atoms with Crippen molar-refractivity contribution in [2.24, 2.45) is 0 Å². The molecule has 0 amide bonds. The number of carbonyl (C=O) groups excluding carboxylic acids is 2. The molecule has 134 valence electrons. The van der Waals surface area contributed by atoms with Crippen LogP contribution in [0.5, 0.6) is 0 Å². The molecular formula is C19H24N2O4. The van der Waals surface area contributed by atoms with E-state index < -0.39 is 24.1 Å². The second kappa shape index (κ2) is 7.51. The van der Waals surface area contributed by atoms with Crippen LogP contribution in [0.15, 0.2) is 30.3 Å². The SMILES string of the molecule is Cc1nn(Cc2ccccc2)c(C)c1C(=O)OCC(=O)OC(C)(C)C. The lowest BCUT2D eigenvalue weighted by atomic mass is 10.2. The first-order chi connectivity index (χ1) is 11.7. The van der Waals surface area contributed by atoms with Gasteiger partial charge in [0.1, 0.15) is 11.2 Å². The lowest BCUT2D eigenvalue weighted by molar-refractivity contribution is -0.158. The summed E-state index contributed by atoms with van der Waals surface area (Å²) in [4.78, 5) is 24.0. The van der Waals surface area contributed by atoms with Gasteiger partial charge in [-0.25, -0.2) is 9.59 Å². The highest BCUT2D eigenvalue weighted by Gasteiger charge is 2.22. The molecule has 0 saturated carbocycles. The summed E-state index contributed by atoms with van der Waals surface area (Å²) >= 11 is 0. The quantitative estimate of drug-likeness (QED) is 0.780. The summed E-state index contributed by atoms with van der Waals surface area (Å²) in [6.07, 6.45) is 0. The highest BCUT2D eigenvalue weighted by atomic mass is 16.6. The lowest BCUT2D eigenvalue weighted by Crippen LogP contribution is -2.27. The molecule has 0 atom stereocenters. The number of aryl methyl sites for hydroxylation is 1. The molecule has 0 unspecified atom stereocenters. The van der Waals surface area contributed by atoms with Gasteiger partial charge >= 0.3 is 11.9 Å². The summed E-state index contributed by atoms with van der Waals surface area (Å²) < 4.78 is 12.0. The van der Waals surface area contributed by atoms with Crippen molar-refractivity contribution >= 4 is 11.9 Å². The molecule has 1 aromatic heterocycles. The third kappa shape index (κ3) is 5.17. The maximum Gasteiger partial charge on any atom is 0.344 e. The number of benzene rings is 1. The third-order valence-corrected chi connectivity index (χ3v) is 3.50. The van der Waals surface area contributed by atoms with Gasteiger partial charge in [0, 0.05) is 0 Å². The molecule has 25 heavy (non-hydrogen) atoms. The largest absolute Gasteiger partial charge is 0.457 e. The van der Waals surface area contributed by atoms with E-state index in [0.717, 1.165) is 5.56 Å². The van der Waals surface area contributed by atoms with E-state index in [2.05, 4.69) is 5.10 Å². The van der Waals surface area contributed by atoms with Crippen molar-refractivity contribution in [2.75, 3.05) is 6.61 Å². The minimum Gasteiger partial charge on any atom is -0.457 e. The fourth-order valence-electron chi connectivity index (χ4n) is 2.47. The van der Waals surface area contributed by atoms with E-state index >= 15 is 0 Å². The van der Waals surface area contributed by atoms with E-state index in [1.165, 1.54) is 0 Å². The topological polar surface area (TPSA) is 70.4 Å². The summed E-state index contributed by atoms with van der Waals surface area (Å²) in [5.74, 6) is -1.15. The number of hydrogen-bond donors (Lipinski definition) is 0. The molecule has 0 radical (unpaired) electrons. The zero-order valence-corrected chi connectivity index (χ0v) is 15.3. The smallest absolute Gasteiger partial charge is 0.344 e. The van der Waals surface area contributed by atoms with E-state index in [0.29, 0.717) is 23.5 Å². The number of rotatable bonds is 5. The molecule has 1 aromatic carbocycles. The Kier molecular flexibility index (Phi) is 5.62. The molecule has 0 aliphatic rings. The molecular weight excluding hydrogens is 320 g/mol. The van der Waals surface area contributed by atoms with Crippen LogP contribution in [0.1, 0.15) is 48.1 Å². The van der Waals surface area contributed by atoms with Crippen molar-refractivity contribution in [3.63, 3.8) is 0 Å². The monoisotopic (exact) mass is 344 g/mol. The zero-order chi connectivity index (χ0) is 18.6. The normalized spacial score (nSPS) is 11.2. The number of ether oxygens (including phenoxy) is 2. The Balaban J connectivity index is 2.06. The molecule has 0 bridgehead atoms. The Morgan fingerprint density at radius 2 is 1.76 bits per heavy atom. The second-order valence-electron chi connectivity index (χ2n) is 6.85. The molecule has 1 heterocycles. The molecule has 0 fully saturated rings. The van der Waals surface area contributed by atoms with Gasteiger partial charge < -0.3 is 9.47 Å². The Labute approximate surface area is 147 Å². The third-order valence-electron chi connectivity index (χ3n) is 3.50. The second-order valence-corrected chi connectivity index (χ2v) is 6.85. The van der Waals surface area contributed by atoms with Gasteiger partial charge in [-0.1, -0.05) is 30.3 Å². The summed E-state index contributed by atoms with van der Waals surface area (Å²) in [6, 6.07) is 9.85. The highest BCUT2D eigenvalue weighted by Crippen LogP contribution is 2.16. The van der Waals surface area contributed by atoms with E-state index in [-0.39, 0.29) is 0 Å². The van der Waals surface area contributed by atoms with Crippen LogP contribution >= 0.6 is 0 Å². The minimum atomic E-state index is -0.615. The standard InChI is InChI=1S/C19H24N2O4/c1-13-17(18(23)24-12-16(22)25-19(3,4)5)14(2)21(20-13)11-15-9-7-6-8-10-15/h6-10H,11-12H2,1-5H3. The van der Waals surface area contributed by atoms with Crippen LogP contribution in [0.4, 0.5) is 0 Å². The van der Waals surface area contributed by atoms with Crippen LogP contribution in [-0.2, 0) is 20.8 Å². The zero-order valence-electron chi connectivity index (χ0n) is 15.3. The molecule has 0 spiro atoms. The molecule has 6 heteroatoms. The summed E-state index contributed by atoms with van der Waals surface area (Å²) in [5.41, 5.74) is 2.13. The van der Waals surface area contributed by atoms with Gasteiger partial charge in [0.05, 0.1) is 17.9 Å². The van der Waals surface area contributed by atoms with Crippen molar-refractivity contribution < 1.29 is 19.1 Å².